The lowest BCUT2D eigenvalue weighted by Crippen LogP contribution is -2.36. The van der Waals surface area contributed by atoms with Gasteiger partial charge in [0.15, 0.2) is 5.13 Å². The standard InChI is InChI=1S/C21H20Cl2N4O2S/c1-13-6-8-14(9-7-13)17-12-30-21(24-17)26-19(29)11-27(2)10-18(28)25-20-15(22)4-3-5-16(20)23/h3-9,12H,10-11H2,1-2H3,(H,25,28)(H,24,26,29). The van der Waals surface area contributed by atoms with E-state index in [1.54, 1.807) is 30.1 Å². The van der Waals surface area contributed by atoms with Gasteiger partial charge >= 0.3 is 0 Å². The van der Waals surface area contributed by atoms with Gasteiger partial charge in [0.2, 0.25) is 11.8 Å². The summed E-state index contributed by atoms with van der Waals surface area (Å²) in [6, 6.07) is 13.0. The fraction of sp³-hybridized carbons (Fsp3) is 0.190. The fourth-order valence-corrected chi connectivity index (χ4v) is 3.92. The first-order valence-corrected chi connectivity index (χ1v) is 10.7. The lowest BCUT2D eigenvalue weighted by Gasteiger charge is -2.16. The normalized spacial score (nSPS) is 10.8. The molecule has 0 saturated heterocycles. The summed E-state index contributed by atoms with van der Waals surface area (Å²) in [7, 11) is 1.67. The van der Waals surface area contributed by atoms with Gasteiger partial charge in [-0.15, -0.1) is 11.3 Å². The zero-order valence-electron chi connectivity index (χ0n) is 16.4. The summed E-state index contributed by atoms with van der Waals surface area (Å²) in [6.45, 7) is 2.06. The number of aryl methyl sites for hydroxylation is 1. The van der Waals surface area contributed by atoms with Gasteiger partial charge in [0.25, 0.3) is 0 Å². The van der Waals surface area contributed by atoms with Gasteiger partial charge in [-0.2, -0.15) is 0 Å². The zero-order valence-corrected chi connectivity index (χ0v) is 18.7. The number of para-hydroxylation sites is 1. The number of thiazole rings is 1. The zero-order chi connectivity index (χ0) is 21.7. The van der Waals surface area contributed by atoms with Crippen LogP contribution in [0, 0.1) is 6.92 Å². The second-order valence-corrected chi connectivity index (χ2v) is 8.44. The maximum absolute atomic E-state index is 12.3. The van der Waals surface area contributed by atoms with E-state index in [9.17, 15) is 9.59 Å². The predicted molar refractivity (Wildman–Crippen MR) is 124 cm³/mol. The molecule has 3 rings (SSSR count). The van der Waals surface area contributed by atoms with Gasteiger partial charge in [0, 0.05) is 10.9 Å². The summed E-state index contributed by atoms with van der Waals surface area (Å²) < 4.78 is 0. The Hall–Kier alpha value is -2.45. The van der Waals surface area contributed by atoms with Gasteiger partial charge in [0.1, 0.15) is 0 Å². The van der Waals surface area contributed by atoms with Gasteiger partial charge in [-0.3, -0.25) is 14.5 Å². The Morgan fingerprint density at radius 1 is 1.00 bits per heavy atom. The summed E-state index contributed by atoms with van der Waals surface area (Å²) in [5.74, 6) is -0.581. The minimum Gasteiger partial charge on any atom is -0.322 e. The van der Waals surface area contributed by atoms with E-state index in [0.29, 0.717) is 20.9 Å². The van der Waals surface area contributed by atoms with Crippen molar-refractivity contribution in [3.8, 4) is 11.3 Å². The maximum Gasteiger partial charge on any atom is 0.240 e. The number of anilines is 2. The number of benzene rings is 2. The van der Waals surface area contributed by atoms with Gasteiger partial charge in [0.05, 0.1) is 34.5 Å². The lowest BCUT2D eigenvalue weighted by atomic mass is 10.1. The van der Waals surface area contributed by atoms with Crippen molar-refractivity contribution >= 4 is 57.2 Å². The first-order chi connectivity index (χ1) is 14.3. The van der Waals surface area contributed by atoms with Crippen LogP contribution in [0.4, 0.5) is 10.8 Å². The molecule has 3 aromatic rings. The van der Waals surface area contributed by atoms with Crippen molar-refractivity contribution in [2.75, 3.05) is 30.8 Å². The molecule has 0 aliphatic heterocycles. The van der Waals surface area contributed by atoms with Crippen LogP contribution in [0.2, 0.25) is 10.0 Å². The molecule has 6 nitrogen and oxygen atoms in total. The van der Waals surface area contributed by atoms with Gasteiger partial charge < -0.3 is 10.6 Å². The molecule has 0 fully saturated rings. The fourth-order valence-electron chi connectivity index (χ4n) is 2.69. The van der Waals surface area contributed by atoms with Crippen molar-refractivity contribution in [2.45, 2.75) is 6.92 Å². The maximum atomic E-state index is 12.3. The van der Waals surface area contributed by atoms with E-state index in [2.05, 4.69) is 15.6 Å². The van der Waals surface area contributed by atoms with E-state index >= 15 is 0 Å². The first kappa shape index (κ1) is 22.2. The number of nitrogens with one attached hydrogen (secondary N) is 2. The SMILES string of the molecule is Cc1ccc(-c2csc(NC(=O)CN(C)CC(=O)Nc3c(Cl)cccc3Cl)n2)cc1. The molecule has 2 N–H and O–H groups in total. The molecular formula is C21H20Cl2N4O2S. The van der Waals surface area contributed by atoms with Crippen molar-refractivity contribution in [1.29, 1.82) is 0 Å². The molecule has 0 radical (unpaired) electrons. The van der Waals surface area contributed by atoms with Crippen molar-refractivity contribution < 1.29 is 9.59 Å². The minimum atomic E-state index is -0.323. The van der Waals surface area contributed by atoms with Crippen LogP contribution in [-0.2, 0) is 9.59 Å². The number of hydrogen-bond acceptors (Lipinski definition) is 5. The molecule has 2 aromatic carbocycles. The molecule has 1 aromatic heterocycles. The number of nitrogens with zero attached hydrogens (tertiary/aromatic N) is 2. The average Bonchev–Trinajstić information content (AvgIpc) is 3.13. The van der Waals surface area contributed by atoms with E-state index in [4.69, 9.17) is 23.2 Å². The van der Waals surface area contributed by atoms with Gasteiger partial charge in [-0.25, -0.2) is 4.98 Å². The monoisotopic (exact) mass is 462 g/mol. The Labute approximate surface area is 188 Å². The average molecular weight is 463 g/mol. The highest BCUT2D eigenvalue weighted by atomic mass is 35.5. The Morgan fingerprint density at radius 2 is 1.60 bits per heavy atom. The van der Waals surface area contributed by atoms with E-state index in [0.717, 1.165) is 11.3 Å². The second kappa shape index (κ2) is 10.0. The summed E-state index contributed by atoms with van der Waals surface area (Å²) in [6.07, 6.45) is 0. The van der Waals surface area contributed by atoms with E-state index in [1.165, 1.54) is 16.9 Å². The van der Waals surface area contributed by atoms with Crippen LogP contribution in [0.25, 0.3) is 11.3 Å². The number of carbonyl (C=O) groups is 2. The number of amides is 2. The molecule has 156 valence electrons. The molecule has 0 unspecified atom stereocenters. The molecule has 0 spiro atoms. The summed E-state index contributed by atoms with van der Waals surface area (Å²) in [4.78, 5) is 30.6. The Morgan fingerprint density at radius 3 is 2.23 bits per heavy atom. The smallest absolute Gasteiger partial charge is 0.240 e. The molecule has 9 heteroatoms. The topological polar surface area (TPSA) is 74.3 Å². The molecule has 0 bridgehead atoms. The van der Waals surface area contributed by atoms with Crippen molar-refractivity contribution in [3.63, 3.8) is 0 Å². The Balaban J connectivity index is 1.51. The highest BCUT2D eigenvalue weighted by Gasteiger charge is 2.15. The largest absolute Gasteiger partial charge is 0.322 e. The van der Waals surface area contributed by atoms with Crippen LogP contribution in [0.3, 0.4) is 0 Å². The molecule has 0 atom stereocenters. The molecule has 1 heterocycles. The number of carbonyl (C=O) groups excluding carboxylic acids is 2. The first-order valence-electron chi connectivity index (χ1n) is 9.06. The van der Waals surface area contributed by atoms with Crippen LogP contribution < -0.4 is 10.6 Å². The molecule has 2 amide bonds. The van der Waals surface area contributed by atoms with Crippen molar-refractivity contribution in [3.05, 3.63) is 63.5 Å². The van der Waals surface area contributed by atoms with Crippen LogP contribution in [0.5, 0.6) is 0 Å². The molecule has 0 aliphatic carbocycles. The lowest BCUT2D eigenvalue weighted by molar-refractivity contribution is -0.119. The summed E-state index contributed by atoms with van der Waals surface area (Å²) >= 11 is 13.5. The van der Waals surface area contributed by atoms with E-state index in [-0.39, 0.29) is 24.9 Å². The quantitative estimate of drug-likeness (QED) is 0.521. The van der Waals surface area contributed by atoms with E-state index in [1.807, 2.05) is 36.6 Å². The highest BCUT2D eigenvalue weighted by molar-refractivity contribution is 7.14. The number of rotatable bonds is 7. The Kier molecular flexibility index (Phi) is 7.44. The van der Waals surface area contributed by atoms with Crippen molar-refractivity contribution in [1.82, 2.24) is 9.88 Å². The van der Waals surface area contributed by atoms with Gasteiger partial charge in [-0.1, -0.05) is 59.1 Å². The minimum absolute atomic E-state index is 0.00145. The number of likely N-dealkylation sites (N-methyl/N-ethyl adjacent to an activating group) is 1. The number of halogens is 2. The van der Waals surface area contributed by atoms with Crippen LogP contribution in [-0.4, -0.2) is 41.8 Å². The van der Waals surface area contributed by atoms with Crippen molar-refractivity contribution in [2.24, 2.45) is 0 Å². The molecule has 30 heavy (non-hydrogen) atoms. The third-order valence-electron chi connectivity index (χ3n) is 4.15. The van der Waals surface area contributed by atoms with Crippen LogP contribution in [0.15, 0.2) is 47.8 Å². The number of hydrogen-bond donors (Lipinski definition) is 2. The number of aromatic nitrogens is 1. The highest BCUT2D eigenvalue weighted by Crippen LogP contribution is 2.29. The van der Waals surface area contributed by atoms with Gasteiger partial charge in [-0.05, 0) is 26.1 Å². The van der Waals surface area contributed by atoms with E-state index < -0.39 is 0 Å². The van der Waals surface area contributed by atoms with Crippen LogP contribution in [0.1, 0.15) is 5.56 Å². The summed E-state index contributed by atoms with van der Waals surface area (Å²) in [5, 5.41) is 8.55. The third-order valence-corrected chi connectivity index (χ3v) is 5.54. The predicted octanol–water partition coefficient (Wildman–Crippen LogP) is 4.93. The van der Waals surface area contributed by atoms with Crippen LogP contribution >= 0.6 is 34.5 Å². The molecule has 0 aliphatic rings. The molecule has 0 saturated carbocycles. The Bertz CT molecular complexity index is 1030. The molecular weight excluding hydrogens is 443 g/mol. The third kappa shape index (κ3) is 6.03. The second-order valence-electron chi connectivity index (χ2n) is 6.77. The summed E-state index contributed by atoms with van der Waals surface area (Å²) in [5.41, 5.74) is 3.32.